The predicted octanol–water partition coefficient (Wildman–Crippen LogP) is 3.61. The minimum atomic E-state index is -3.59. The van der Waals surface area contributed by atoms with E-state index in [9.17, 15) is 13.2 Å². The third kappa shape index (κ3) is 5.33. The summed E-state index contributed by atoms with van der Waals surface area (Å²) in [7, 11) is -3.59. The maximum Gasteiger partial charge on any atom is 0.262 e. The molecule has 0 fully saturated rings. The monoisotopic (exact) mass is 404 g/mol. The molecule has 0 unspecified atom stereocenters. The van der Waals surface area contributed by atoms with Crippen molar-refractivity contribution in [3.8, 4) is 5.75 Å². The fraction of sp³-hybridized carbons (Fsp3) is 0.381. The molecule has 28 heavy (non-hydrogen) atoms. The largest absolute Gasteiger partial charge is 0.484 e. The first-order chi connectivity index (χ1) is 13.3. The van der Waals surface area contributed by atoms with Crippen LogP contribution in [0.15, 0.2) is 47.4 Å². The van der Waals surface area contributed by atoms with Crippen LogP contribution < -0.4 is 10.1 Å². The number of rotatable bonds is 9. The summed E-state index contributed by atoms with van der Waals surface area (Å²) in [5, 5.41) is 2.74. The molecule has 2 aromatic carbocycles. The number of aryl methyl sites for hydroxylation is 2. The van der Waals surface area contributed by atoms with Gasteiger partial charge in [0.1, 0.15) is 5.75 Å². The molecule has 1 N–H and O–H groups in total. The number of anilines is 1. The molecular weight excluding hydrogens is 376 g/mol. The summed E-state index contributed by atoms with van der Waals surface area (Å²) in [6.07, 6.45) is 0.937. The van der Waals surface area contributed by atoms with E-state index in [1.165, 1.54) is 15.9 Å². The van der Waals surface area contributed by atoms with Gasteiger partial charge in [0.2, 0.25) is 10.0 Å². The lowest BCUT2D eigenvalue weighted by Gasteiger charge is -2.19. The van der Waals surface area contributed by atoms with Crippen LogP contribution in [0.1, 0.15) is 31.9 Å². The number of amides is 1. The van der Waals surface area contributed by atoms with Crippen molar-refractivity contribution in [2.45, 2.75) is 39.0 Å². The van der Waals surface area contributed by atoms with E-state index in [-0.39, 0.29) is 17.4 Å². The summed E-state index contributed by atoms with van der Waals surface area (Å²) in [4.78, 5) is 12.4. The third-order valence-corrected chi connectivity index (χ3v) is 6.57. The van der Waals surface area contributed by atoms with Crippen LogP contribution in [-0.4, -0.2) is 38.3 Å². The molecule has 0 aliphatic rings. The zero-order valence-electron chi connectivity index (χ0n) is 16.9. The molecule has 0 saturated heterocycles. The molecule has 0 atom stereocenters. The van der Waals surface area contributed by atoms with Gasteiger partial charge < -0.3 is 10.1 Å². The highest BCUT2D eigenvalue weighted by Crippen LogP contribution is 2.23. The van der Waals surface area contributed by atoms with Crippen molar-refractivity contribution in [2.24, 2.45) is 0 Å². The van der Waals surface area contributed by atoms with Gasteiger partial charge in [0.25, 0.3) is 5.91 Å². The lowest BCUT2D eigenvalue weighted by molar-refractivity contribution is -0.118. The number of hydrogen-bond acceptors (Lipinski definition) is 4. The summed E-state index contributed by atoms with van der Waals surface area (Å²) in [6, 6.07) is 12.3. The van der Waals surface area contributed by atoms with E-state index in [1.54, 1.807) is 26.0 Å². The second-order valence-electron chi connectivity index (χ2n) is 6.40. The smallest absolute Gasteiger partial charge is 0.262 e. The third-order valence-electron chi connectivity index (χ3n) is 4.53. The molecule has 0 aliphatic carbocycles. The summed E-state index contributed by atoms with van der Waals surface area (Å²) < 4.78 is 32.3. The van der Waals surface area contributed by atoms with E-state index in [0.29, 0.717) is 24.5 Å². The second kappa shape index (κ2) is 9.71. The number of carbonyl (C=O) groups excluding carboxylic acids is 1. The molecule has 0 spiro atoms. The van der Waals surface area contributed by atoms with Crippen molar-refractivity contribution in [1.29, 1.82) is 0 Å². The number of carbonyl (C=O) groups is 1. The van der Waals surface area contributed by atoms with Crippen LogP contribution in [-0.2, 0) is 21.2 Å². The van der Waals surface area contributed by atoms with Crippen LogP contribution in [0.3, 0.4) is 0 Å². The Bertz CT molecular complexity index is 905. The Morgan fingerprint density at radius 3 is 2.25 bits per heavy atom. The van der Waals surface area contributed by atoms with Crippen molar-refractivity contribution in [3.05, 3.63) is 53.6 Å². The normalized spacial score (nSPS) is 11.5. The quantitative estimate of drug-likeness (QED) is 0.693. The Hall–Kier alpha value is -2.38. The maximum absolute atomic E-state index is 12.7. The summed E-state index contributed by atoms with van der Waals surface area (Å²) in [5.41, 5.74) is 2.43. The van der Waals surface area contributed by atoms with Crippen molar-refractivity contribution < 1.29 is 17.9 Å². The molecule has 2 rings (SSSR count). The Labute approximate surface area is 167 Å². The molecule has 0 aromatic heterocycles. The van der Waals surface area contributed by atoms with Gasteiger partial charge >= 0.3 is 0 Å². The minimum absolute atomic E-state index is 0.155. The number of hydrogen-bond donors (Lipinski definition) is 1. The van der Waals surface area contributed by atoms with Gasteiger partial charge in [-0.3, -0.25) is 4.79 Å². The van der Waals surface area contributed by atoms with Crippen LogP contribution >= 0.6 is 0 Å². The highest BCUT2D eigenvalue weighted by Gasteiger charge is 2.22. The van der Waals surface area contributed by atoms with Crippen LogP contribution in [0.25, 0.3) is 0 Å². The number of sulfonamides is 1. The summed E-state index contributed by atoms with van der Waals surface area (Å²) >= 11 is 0. The molecule has 0 heterocycles. The van der Waals surface area contributed by atoms with Gasteiger partial charge in [-0.25, -0.2) is 8.42 Å². The Morgan fingerprint density at radius 1 is 1.04 bits per heavy atom. The number of nitrogens with zero attached hydrogens (tertiary/aromatic N) is 1. The topological polar surface area (TPSA) is 75.7 Å². The lowest BCUT2D eigenvalue weighted by atomic mass is 10.2. The Kier molecular flexibility index (Phi) is 7.60. The van der Waals surface area contributed by atoms with Crippen LogP contribution in [0, 0.1) is 6.92 Å². The van der Waals surface area contributed by atoms with Crippen LogP contribution in [0.5, 0.6) is 5.75 Å². The molecule has 0 radical (unpaired) electrons. The zero-order chi connectivity index (χ0) is 20.7. The van der Waals surface area contributed by atoms with Crippen molar-refractivity contribution in [3.63, 3.8) is 0 Å². The average Bonchev–Trinajstić information content (AvgIpc) is 2.69. The lowest BCUT2D eigenvalue weighted by Crippen LogP contribution is -2.30. The van der Waals surface area contributed by atoms with Gasteiger partial charge in [0.15, 0.2) is 6.61 Å². The van der Waals surface area contributed by atoms with Crippen LogP contribution in [0.2, 0.25) is 0 Å². The maximum atomic E-state index is 12.7. The summed E-state index contributed by atoms with van der Waals surface area (Å²) in [6.45, 7) is 8.09. The molecule has 0 aliphatic heterocycles. The van der Waals surface area contributed by atoms with E-state index in [0.717, 1.165) is 12.0 Å². The van der Waals surface area contributed by atoms with E-state index < -0.39 is 10.0 Å². The molecule has 152 valence electrons. The Balaban J connectivity index is 2.09. The highest BCUT2D eigenvalue weighted by molar-refractivity contribution is 7.89. The standard InChI is InChI=1S/C21H28N2O4S/c1-5-17-9-11-18(12-10-17)27-15-21(24)22-20-14-19(13-8-16(20)4)28(25,26)23(6-2)7-3/h8-14H,5-7,15H2,1-4H3,(H,22,24). The highest BCUT2D eigenvalue weighted by atomic mass is 32.2. The Morgan fingerprint density at radius 2 is 1.68 bits per heavy atom. The first-order valence-electron chi connectivity index (χ1n) is 9.44. The van der Waals surface area contributed by atoms with Gasteiger partial charge in [-0.2, -0.15) is 4.31 Å². The molecule has 1 amide bonds. The summed E-state index contributed by atoms with van der Waals surface area (Å²) in [5.74, 6) is 0.266. The first-order valence-corrected chi connectivity index (χ1v) is 10.9. The van der Waals surface area contributed by atoms with E-state index in [4.69, 9.17) is 4.74 Å². The van der Waals surface area contributed by atoms with Gasteiger partial charge in [-0.15, -0.1) is 0 Å². The van der Waals surface area contributed by atoms with E-state index in [1.807, 2.05) is 31.2 Å². The molecule has 0 saturated carbocycles. The number of ether oxygens (including phenoxy) is 1. The fourth-order valence-electron chi connectivity index (χ4n) is 2.77. The number of benzene rings is 2. The molecule has 6 nitrogen and oxygen atoms in total. The number of nitrogens with one attached hydrogen (secondary N) is 1. The van der Waals surface area contributed by atoms with Crippen molar-refractivity contribution in [2.75, 3.05) is 25.0 Å². The fourth-order valence-corrected chi connectivity index (χ4v) is 4.25. The first kappa shape index (κ1) is 21.9. The predicted molar refractivity (Wildman–Crippen MR) is 111 cm³/mol. The zero-order valence-corrected chi connectivity index (χ0v) is 17.7. The van der Waals surface area contributed by atoms with Crippen LogP contribution in [0.4, 0.5) is 5.69 Å². The van der Waals surface area contributed by atoms with Gasteiger partial charge in [0.05, 0.1) is 4.90 Å². The minimum Gasteiger partial charge on any atom is -0.484 e. The van der Waals surface area contributed by atoms with Crippen molar-refractivity contribution >= 4 is 21.6 Å². The molecule has 7 heteroatoms. The van der Waals surface area contributed by atoms with Gasteiger partial charge in [-0.1, -0.05) is 39.0 Å². The second-order valence-corrected chi connectivity index (χ2v) is 8.34. The molecule has 0 bridgehead atoms. The van der Waals surface area contributed by atoms with E-state index in [2.05, 4.69) is 12.2 Å². The van der Waals surface area contributed by atoms with E-state index >= 15 is 0 Å². The van der Waals surface area contributed by atoms with Crippen molar-refractivity contribution in [1.82, 2.24) is 4.31 Å². The average molecular weight is 405 g/mol. The SMILES string of the molecule is CCc1ccc(OCC(=O)Nc2cc(S(=O)(=O)N(CC)CC)ccc2C)cc1. The van der Waals surface area contributed by atoms with Gasteiger partial charge in [-0.05, 0) is 48.7 Å². The van der Waals surface area contributed by atoms with Gasteiger partial charge in [0, 0.05) is 18.8 Å². The molecule has 2 aromatic rings. The molecular formula is C21H28N2O4S.